The van der Waals surface area contributed by atoms with Gasteiger partial charge >= 0.3 is 0 Å². The summed E-state index contributed by atoms with van der Waals surface area (Å²) < 4.78 is 10.8. The number of fused-ring (bicyclic) bond motifs is 1. The molecule has 1 amide bonds. The number of ether oxygens (including phenoxy) is 1. The standard InChI is InChI=1S/C18H24N2O3/c1-3-6-19-7-9-20(10-8-19)18(21)11-14-13-23-17-12-15(22-2)4-5-16(14)17/h4-5,12-13H,3,6-11H2,1-2H3. The molecule has 1 aliphatic rings. The first kappa shape index (κ1) is 15.9. The quantitative estimate of drug-likeness (QED) is 0.850. The summed E-state index contributed by atoms with van der Waals surface area (Å²) in [6, 6.07) is 5.71. The number of carbonyl (C=O) groups excluding carboxylic acids is 1. The maximum absolute atomic E-state index is 12.5. The van der Waals surface area contributed by atoms with Gasteiger partial charge in [0.25, 0.3) is 0 Å². The van der Waals surface area contributed by atoms with Crippen molar-refractivity contribution in [2.45, 2.75) is 19.8 Å². The zero-order valence-electron chi connectivity index (χ0n) is 13.9. The summed E-state index contributed by atoms with van der Waals surface area (Å²) in [6.45, 7) is 6.91. The summed E-state index contributed by atoms with van der Waals surface area (Å²) in [7, 11) is 1.63. The van der Waals surface area contributed by atoms with Crippen LogP contribution in [0.4, 0.5) is 0 Å². The fraction of sp³-hybridized carbons (Fsp3) is 0.500. The number of furan rings is 1. The molecule has 1 aromatic carbocycles. The molecular formula is C18H24N2O3. The van der Waals surface area contributed by atoms with Crippen molar-refractivity contribution in [1.82, 2.24) is 9.80 Å². The van der Waals surface area contributed by atoms with E-state index >= 15 is 0 Å². The number of methoxy groups -OCH3 is 1. The summed E-state index contributed by atoms with van der Waals surface area (Å²) in [5.41, 5.74) is 1.71. The van der Waals surface area contributed by atoms with Crippen LogP contribution in [0.2, 0.25) is 0 Å². The number of carbonyl (C=O) groups is 1. The molecule has 0 aliphatic carbocycles. The Morgan fingerprint density at radius 1 is 1.26 bits per heavy atom. The predicted octanol–water partition coefficient (Wildman–Crippen LogP) is 2.54. The Labute approximate surface area is 136 Å². The van der Waals surface area contributed by atoms with Crippen molar-refractivity contribution in [3.63, 3.8) is 0 Å². The van der Waals surface area contributed by atoms with Crippen molar-refractivity contribution in [3.8, 4) is 5.75 Å². The number of hydrogen-bond donors (Lipinski definition) is 0. The molecular weight excluding hydrogens is 292 g/mol. The average Bonchev–Trinajstić information content (AvgIpc) is 2.98. The van der Waals surface area contributed by atoms with Gasteiger partial charge in [0.05, 0.1) is 19.8 Å². The van der Waals surface area contributed by atoms with Crippen molar-refractivity contribution in [2.75, 3.05) is 39.8 Å². The van der Waals surface area contributed by atoms with Crippen molar-refractivity contribution >= 4 is 16.9 Å². The lowest BCUT2D eigenvalue weighted by atomic mass is 10.1. The van der Waals surface area contributed by atoms with E-state index in [1.807, 2.05) is 23.1 Å². The number of nitrogens with zero attached hydrogens (tertiary/aromatic N) is 2. The maximum Gasteiger partial charge on any atom is 0.227 e. The molecule has 1 aromatic heterocycles. The van der Waals surface area contributed by atoms with Gasteiger partial charge in [-0.25, -0.2) is 0 Å². The van der Waals surface area contributed by atoms with E-state index in [1.54, 1.807) is 13.4 Å². The van der Waals surface area contributed by atoms with Crippen molar-refractivity contribution in [2.24, 2.45) is 0 Å². The van der Waals surface area contributed by atoms with Crippen molar-refractivity contribution < 1.29 is 13.9 Å². The number of hydrogen-bond acceptors (Lipinski definition) is 4. The molecule has 0 saturated carbocycles. The smallest absolute Gasteiger partial charge is 0.227 e. The van der Waals surface area contributed by atoms with Crippen LogP contribution < -0.4 is 4.74 Å². The Morgan fingerprint density at radius 2 is 2.04 bits per heavy atom. The summed E-state index contributed by atoms with van der Waals surface area (Å²) in [6.07, 6.45) is 3.25. The van der Waals surface area contributed by atoms with Gasteiger partial charge in [-0.3, -0.25) is 9.69 Å². The van der Waals surface area contributed by atoms with E-state index in [4.69, 9.17) is 9.15 Å². The lowest BCUT2D eigenvalue weighted by Gasteiger charge is -2.34. The highest BCUT2D eigenvalue weighted by Gasteiger charge is 2.21. The molecule has 23 heavy (non-hydrogen) atoms. The molecule has 0 unspecified atom stereocenters. The molecule has 124 valence electrons. The maximum atomic E-state index is 12.5. The van der Waals surface area contributed by atoms with Gasteiger partial charge in [0.15, 0.2) is 0 Å². The predicted molar refractivity (Wildman–Crippen MR) is 89.8 cm³/mol. The Morgan fingerprint density at radius 3 is 2.74 bits per heavy atom. The monoisotopic (exact) mass is 316 g/mol. The van der Waals surface area contributed by atoms with Crippen molar-refractivity contribution in [3.05, 3.63) is 30.0 Å². The van der Waals surface area contributed by atoms with Crippen LogP contribution >= 0.6 is 0 Å². The summed E-state index contributed by atoms with van der Waals surface area (Å²) in [5, 5.41) is 0.990. The molecule has 1 saturated heterocycles. The van der Waals surface area contributed by atoms with Gasteiger partial charge in [-0.1, -0.05) is 6.92 Å². The second-order valence-corrected chi connectivity index (χ2v) is 6.02. The third kappa shape index (κ3) is 3.50. The largest absolute Gasteiger partial charge is 0.497 e. The molecule has 0 spiro atoms. The number of amides is 1. The van der Waals surface area contributed by atoms with Gasteiger partial charge in [-0.15, -0.1) is 0 Å². The third-order valence-corrected chi connectivity index (χ3v) is 4.47. The molecule has 1 aliphatic heterocycles. The highest BCUT2D eigenvalue weighted by Crippen LogP contribution is 2.26. The first-order chi connectivity index (χ1) is 11.2. The molecule has 3 rings (SSSR count). The average molecular weight is 316 g/mol. The molecule has 1 fully saturated rings. The van der Waals surface area contributed by atoms with Gasteiger partial charge in [-0.05, 0) is 25.1 Å². The van der Waals surface area contributed by atoms with Gasteiger partial charge < -0.3 is 14.1 Å². The topological polar surface area (TPSA) is 45.9 Å². The van der Waals surface area contributed by atoms with Gasteiger partial charge in [0.1, 0.15) is 11.3 Å². The molecule has 5 heteroatoms. The third-order valence-electron chi connectivity index (χ3n) is 4.47. The minimum atomic E-state index is 0.180. The molecule has 0 atom stereocenters. The van der Waals surface area contributed by atoms with E-state index in [1.165, 1.54) is 6.42 Å². The van der Waals surface area contributed by atoms with Crippen LogP contribution in [0.5, 0.6) is 5.75 Å². The molecule has 2 heterocycles. The SMILES string of the molecule is CCCN1CCN(C(=O)Cc2coc3cc(OC)ccc23)CC1. The zero-order valence-corrected chi connectivity index (χ0v) is 13.9. The summed E-state index contributed by atoms with van der Waals surface area (Å²) in [4.78, 5) is 16.9. The zero-order chi connectivity index (χ0) is 16.2. The Balaban J connectivity index is 1.64. The van der Waals surface area contributed by atoms with E-state index in [9.17, 15) is 4.79 Å². The Bertz CT molecular complexity index is 672. The normalized spacial score (nSPS) is 16.0. The van der Waals surface area contributed by atoms with Crippen LogP contribution in [-0.4, -0.2) is 55.5 Å². The molecule has 0 bridgehead atoms. The number of benzene rings is 1. The van der Waals surface area contributed by atoms with E-state index < -0.39 is 0 Å². The molecule has 5 nitrogen and oxygen atoms in total. The second kappa shape index (κ2) is 7.04. The molecule has 0 radical (unpaired) electrons. The molecule has 2 aromatic rings. The Hall–Kier alpha value is -2.01. The van der Waals surface area contributed by atoms with Gasteiger partial charge in [0.2, 0.25) is 5.91 Å². The van der Waals surface area contributed by atoms with Crippen LogP contribution in [0.25, 0.3) is 11.0 Å². The number of rotatable bonds is 5. The van der Waals surface area contributed by atoms with E-state index in [2.05, 4.69) is 11.8 Å². The molecule has 0 N–H and O–H groups in total. The van der Waals surface area contributed by atoms with E-state index in [0.29, 0.717) is 6.42 Å². The van der Waals surface area contributed by atoms with Gasteiger partial charge in [0, 0.05) is 43.2 Å². The van der Waals surface area contributed by atoms with Crippen LogP contribution in [0.3, 0.4) is 0 Å². The highest BCUT2D eigenvalue weighted by atomic mass is 16.5. The van der Waals surface area contributed by atoms with Crippen LogP contribution in [0, 0.1) is 0 Å². The fourth-order valence-corrected chi connectivity index (χ4v) is 3.14. The minimum Gasteiger partial charge on any atom is -0.497 e. The lowest BCUT2D eigenvalue weighted by molar-refractivity contribution is -0.132. The van der Waals surface area contributed by atoms with E-state index in [0.717, 1.165) is 55.0 Å². The highest BCUT2D eigenvalue weighted by molar-refractivity contribution is 5.88. The van der Waals surface area contributed by atoms with Crippen molar-refractivity contribution in [1.29, 1.82) is 0 Å². The second-order valence-electron chi connectivity index (χ2n) is 6.02. The van der Waals surface area contributed by atoms with Crippen LogP contribution in [-0.2, 0) is 11.2 Å². The fourth-order valence-electron chi connectivity index (χ4n) is 3.14. The Kier molecular flexibility index (Phi) is 4.86. The number of piperazine rings is 1. The van der Waals surface area contributed by atoms with Crippen LogP contribution in [0.1, 0.15) is 18.9 Å². The minimum absolute atomic E-state index is 0.180. The van der Waals surface area contributed by atoms with E-state index in [-0.39, 0.29) is 5.91 Å². The summed E-state index contributed by atoms with van der Waals surface area (Å²) in [5.74, 6) is 0.941. The van der Waals surface area contributed by atoms with Gasteiger partial charge in [-0.2, -0.15) is 0 Å². The van der Waals surface area contributed by atoms with Crippen LogP contribution in [0.15, 0.2) is 28.9 Å². The first-order valence-corrected chi connectivity index (χ1v) is 8.25. The summed E-state index contributed by atoms with van der Waals surface area (Å²) >= 11 is 0. The first-order valence-electron chi connectivity index (χ1n) is 8.25. The lowest BCUT2D eigenvalue weighted by Crippen LogP contribution is -2.49.